The molecule has 0 spiro atoms. The summed E-state index contributed by atoms with van der Waals surface area (Å²) in [7, 11) is -3.36. The van der Waals surface area contributed by atoms with Gasteiger partial charge in [0.25, 0.3) is 0 Å². The highest BCUT2D eigenvalue weighted by atomic mass is 32.2. The minimum absolute atomic E-state index is 0.00488. The van der Waals surface area contributed by atoms with Crippen LogP contribution in [-0.2, 0) is 23.0 Å². The van der Waals surface area contributed by atoms with E-state index in [4.69, 9.17) is 13.9 Å². The standard InChI is InChI=1S/C18H23NO5S/c1-18(2)12-14-6-3-8-16(17(14)24-18)23-10-5-11-25(20,21)19-13-15-7-4-9-22-15/h3-4,6-9,19H,5,10-13H2,1-2H3. The van der Waals surface area contributed by atoms with Gasteiger partial charge in [0, 0.05) is 12.0 Å². The molecule has 0 unspecified atom stereocenters. The fourth-order valence-corrected chi connectivity index (χ4v) is 3.80. The van der Waals surface area contributed by atoms with Crippen LogP contribution in [0.25, 0.3) is 0 Å². The molecule has 1 aromatic carbocycles. The molecular formula is C18H23NO5S. The molecule has 2 heterocycles. The molecule has 0 aliphatic carbocycles. The van der Waals surface area contributed by atoms with Gasteiger partial charge in [0.2, 0.25) is 10.0 Å². The number of para-hydroxylation sites is 1. The highest BCUT2D eigenvalue weighted by Gasteiger charge is 2.32. The molecule has 6 nitrogen and oxygen atoms in total. The minimum atomic E-state index is -3.36. The van der Waals surface area contributed by atoms with E-state index in [0.717, 1.165) is 17.7 Å². The topological polar surface area (TPSA) is 77.8 Å². The van der Waals surface area contributed by atoms with Crippen LogP contribution in [0, 0.1) is 0 Å². The lowest BCUT2D eigenvalue weighted by molar-refractivity contribution is 0.132. The Morgan fingerprint density at radius 1 is 1.24 bits per heavy atom. The maximum Gasteiger partial charge on any atom is 0.212 e. The van der Waals surface area contributed by atoms with E-state index < -0.39 is 10.0 Å². The summed E-state index contributed by atoms with van der Waals surface area (Å²) in [5, 5.41) is 0. The third-order valence-corrected chi connectivity index (χ3v) is 5.33. The van der Waals surface area contributed by atoms with Crippen LogP contribution in [-0.4, -0.2) is 26.4 Å². The van der Waals surface area contributed by atoms with Gasteiger partial charge in [0.05, 0.1) is 25.2 Å². The van der Waals surface area contributed by atoms with Crippen LogP contribution in [0.5, 0.6) is 11.5 Å². The summed E-state index contributed by atoms with van der Waals surface area (Å²) in [4.78, 5) is 0. The molecule has 1 aliphatic heterocycles. The second kappa shape index (κ2) is 7.09. The molecule has 1 aromatic heterocycles. The number of ether oxygens (including phenoxy) is 2. The Balaban J connectivity index is 1.47. The van der Waals surface area contributed by atoms with Crippen molar-refractivity contribution in [3.63, 3.8) is 0 Å². The van der Waals surface area contributed by atoms with E-state index in [0.29, 0.717) is 24.5 Å². The van der Waals surface area contributed by atoms with Gasteiger partial charge in [-0.1, -0.05) is 12.1 Å². The first kappa shape index (κ1) is 17.8. The smallest absolute Gasteiger partial charge is 0.212 e. The van der Waals surface area contributed by atoms with Crippen LogP contribution in [0.2, 0.25) is 0 Å². The highest BCUT2D eigenvalue weighted by Crippen LogP contribution is 2.41. The summed E-state index contributed by atoms with van der Waals surface area (Å²) >= 11 is 0. The Bertz CT molecular complexity index is 812. The fraction of sp³-hybridized carbons (Fsp3) is 0.444. The Kier molecular flexibility index (Phi) is 5.06. The SMILES string of the molecule is CC1(C)Cc2cccc(OCCCS(=O)(=O)NCc3ccco3)c2O1. The van der Waals surface area contributed by atoms with Crippen molar-refractivity contribution in [2.24, 2.45) is 0 Å². The van der Waals surface area contributed by atoms with Gasteiger partial charge in [0.1, 0.15) is 11.4 Å². The molecule has 3 rings (SSSR count). The van der Waals surface area contributed by atoms with Crippen LogP contribution < -0.4 is 14.2 Å². The van der Waals surface area contributed by atoms with E-state index in [1.165, 1.54) is 6.26 Å². The number of nitrogens with one attached hydrogen (secondary N) is 1. The first-order valence-corrected chi connectivity index (χ1v) is 9.93. The van der Waals surface area contributed by atoms with Gasteiger partial charge >= 0.3 is 0 Å². The molecule has 136 valence electrons. The summed E-state index contributed by atoms with van der Waals surface area (Å²) < 4.78 is 43.3. The maximum atomic E-state index is 12.0. The quantitative estimate of drug-likeness (QED) is 0.728. The molecule has 0 fully saturated rings. The third kappa shape index (κ3) is 4.76. The van der Waals surface area contributed by atoms with Crippen LogP contribution in [0.1, 0.15) is 31.6 Å². The zero-order valence-corrected chi connectivity index (χ0v) is 15.3. The molecule has 0 saturated heterocycles. The van der Waals surface area contributed by atoms with Crippen molar-refractivity contribution in [3.8, 4) is 11.5 Å². The van der Waals surface area contributed by atoms with E-state index in [9.17, 15) is 8.42 Å². The van der Waals surface area contributed by atoms with Crippen molar-refractivity contribution < 1.29 is 22.3 Å². The summed E-state index contributed by atoms with van der Waals surface area (Å²) in [5.41, 5.74) is 0.885. The Labute approximate surface area is 148 Å². The number of benzene rings is 1. The van der Waals surface area contributed by atoms with Crippen molar-refractivity contribution in [3.05, 3.63) is 47.9 Å². The summed E-state index contributed by atoms with van der Waals surface area (Å²) in [6.45, 7) is 4.54. The summed E-state index contributed by atoms with van der Waals surface area (Å²) in [5.74, 6) is 2.02. The van der Waals surface area contributed by atoms with Crippen molar-refractivity contribution >= 4 is 10.0 Å². The Hall–Kier alpha value is -1.99. The highest BCUT2D eigenvalue weighted by molar-refractivity contribution is 7.89. The third-order valence-electron chi connectivity index (χ3n) is 3.92. The molecule has 25 heavy (non-hydrogen) atoms. The zero-order chi connectivity index (χ0) is 17.9. The van der Waals surface area contributed by atoms with Gasteiger partial charge in [-0.3, -0.25) is 0 Å². The minimum Gasteiger partial charge on any atom is -0.490 e. The van der Waals surface area contributed by atoms with Crippen molar-refractivity contribution in [1.29, 1.82) is 0 Å². The van der Waals surface area contributed by atoms with Gasteiger partial charge in [-0.15, -0.1) is 0 Å². The van der Waals surface area contributed by atoms with Crippen LogP contribution in [0.15, 0.2) is 41.0 Å². The van der Waals surface area contributed by atoms with E-state index in [2.05, 4.69) is 4.72 Å². The molecule has 0 amide bonds. The monoisotopic (exact) mass is 365 g/mol. The first-order chi connectivity index (χ1) is 11.8. The van der Waals surface area contributed by atoms with Crippen molar-refractivity contribution in [1.82, 2.24) is 4.72 Å². The van der Waals surface area contributed by atoms with Crippen LogP contribution in [0.4, 0.5) is 0 Å². The Morgan fingerprint density at radius 2 is 2.08 bits per heavy atom. The number of sulfonamides is 1. The van der Waals surface area contributed by atoms with Gasteiger partial charge in [-0.25, -0.2) is 13.1 Å². The lowest BCUT2D eigenvalue weighted by Crippen LogP contribution is -2.26. The maximum absolute atomic E-state index is 12.0. The lowest BCUT2D eigenvalue weighted by atomic mass is 10.0. The fourth-order valence-electron chi connectivity index (χ4n) is 2.80. The van der Waals surface area contributed by atoms with Crippen LogP contribution in [0.3, 0.4) is 0 Å². The van der Waals surface area contributed by atoms with E-state index >= 15 is 0 Å². The second-order valence-electron chi connectivity index (χ2n) is 6.70. The molecule has 0 radical (unpaired) electrons. The predicted molar refractivity (Wildman–Crippen MR) is 94.3 cm³/mol. The predicted octanol–water partition coefficient (Wildman–Crippen LogP) is 2.88. The average Bonchev–Trinajstić information content (AvgIpc) is 3.15. The molecule has 7 heteroatoms. The summed E-state index contributed by atoms with van der Waals surface area (Å²) in [6.07, 6.45) is 2.74. The van der Waals surface area contributed by atoms with Gasteiger partial charge in [0.15, 0.2) is 11.5 Å². The summed E-state index contributed by atoms with van der Waals surface area (Å²) in [6, 6.07) is 9.26. The Morgan fingerprint density at radius 3 is 2.84 bits per heavy atom. The van der Waals surface area contributed by atoms with E-state index in [1.807, 2.05) is 32.0 Å². The number of furan rings is 1. The number of fused-ring (bicyclic) bond motifs is 1. The van der Waals surface area contributed by atoms with Gasteiger partial charge < -0.3 is 13.9 Å². The molecule has 0 saturated carbocycles. The average molecular weight is 365 g/mol. The zero-order valence-electron chi connectivity index (χ0n) is 14.4. The van der Waals surface area contributed by atoms with Crippen LogP contribution >= 0.6 is 0 Å². The van der Waals surface area contributed by atoms with Gasteiger partial charge in [-0.05, 0) is 38.5 Å². The number of hydrogen-bond donors (Lipinski definition) is 1. The van der Waals surface area contributed by atoms with E-state index in [-0.39, 0.29) is 17.9 Å². The number of hydrogen-bond acceptors (Lipinski definition) is 5. The van der Waals surface area contributed by atoms with Crippen molar-refractivity contribution in [2.75, 3.05) is 12.4 Å². The van der Waals surface area contributed by atoms with Crippen molar-refractivity contribution in [2.45, 2.75) is 38.8 Å². The normalized spacial score (nSPS) is 15.6. The molecular weight excluding hydrogens is 342 g/mol. The lowest BCUT2D eigenvalue weighted by Gasteiger charge is -2.18. The van der Waals surface area contributed by atoms with E-state index in [1.54, 1.807) is 12.1 Å². The molecule has 1 N–H and O–H groups in total. The molecule has 0 bridgehead atoms. The first-order valence-electron chi connectivity index (χ1n) is 8.28. The molecule has 0 atom stereocenters. The molecule has 1 aliphatic rings. The largest absolute Gasteiger partial charge is 0.490 e. The second-order valence-corrected chi connectivity index (χ2v) is 8.63. The molecule has 2 aromatic rings. The number of rotatable bonds is 8. The van der Waals surface area contributed by atoms with Gasteiger partial charge in [-0.2, -0.15) is 0 Å².